The van der Waals surface area contributed by atoms with Crippen molar-refractivity contribution in [1.29, 1.82) is 0 Å². The average molecular weight is 465 g/mol. The van der Waals surface area contributed by atoms with Gasteiger partial charge in [0.15, 0.2) is 0 Å². The highest BCUT2D eigenvalue weighted by Gasteiger charge is 2.55. The lowest BCUT2D eigenvalue weighted by Gasteiger charge is -2.19. The molecular formula is C15H16F5NO6S2. The van der Waals surface area contributed by atoms with E-state index in [-0.39, 0.29) is 25.3 Å². The van der Waals surface area contributed by atoms with E-state index in [0.29, 0.717) is 6.07 Å². The standard InChI is InChI=1S/C15H16F5NO6S2/c1-28(23,24)21-5-4-8(7-21)27-10-2-3-11(29(25,26)15(18,19)20)12-9(10)6-14(16,17)13(12)22/h2-3,8,13,22H,4-7H2,1H3. The van der Waals surface area contributed by atoms with Crippen LogP contribution in [0.2, 0.25) is 0 Å². The first kappa shape index (κ1) is 22.2. The van der Waals surface area contributed by atoms with Crippen molar-refractivity contribution in [2.24, 2.45) is 0 Å². The van der Waals surface area contributed by atoms with E-state index in [4.69, 9.17) is 4.74 Å². The van der Waals surface area contributed by atoms with Crippen molar-refractivity contribution in [3.8, 4) is 5.75 Å². The van der Waals surface area contributed by atoms with Crippen LogP contribution in [0.3, 0.4) is 0 Å². The van der Waals surface area contributed by atoms with Crippen LogP contribution in [0, 0.1) is 0 Å². The molecule has 164 valence electrons. The molecule has 14 heteroatoms. The Morgan fingerprint density at radius 2 is 1.83 bits per heavy atom. The van der Waals surface area contributed by atoms with E-state index in [1.54, 1.807) is 0 Å². The second kappa shape index (κ2) is 6.75. The maximum absolute atomic E-state index is 14.0. The predicted octanol–water partition coefficient (Wildman–Crippen LogP) is 1.62. The van der Waals surface area contributed by atoms with Gasteiger partial charge in [-0.05, 0) is 18.6 Å². The topological polar surface area (TPSA) is 101 Å². The van der Waals surface area contributed by atoms with Crippen LogP contribution in [-0.2, 0) is 26.3 Å². The van der Waals surface area contributed by atoms with Crippen molar-refractivity contribution in [1.82, 2.24) is 4.31 Å². The van der Waals surface area contributed by atoms with Crippen LogP contribution in [0.5, 0.6) is 5.75 Å². The van der Waals surface area contributed by atoms with E-state index < -0.39 is 65.9 Å². The second-order valence-corrected chi connectivity index (χ2v) is 10.8. The molecule has 0 amide bonds. The number of fused-ring (bicyclic) bond motifs is 1. The SMILES string of the molecule is CS(=O)(=O)N1CCC(Oc2ccc(S(=O)(=O)C(F)(F)F)c3c2CC(F)(F)C3O)C1. The lowest BCUT2D eigenvalue weighted by atomic mass is 10.1. The fourth-order valence-corrected chi connectivity index (χ4v) is 5.29. The Balaban J connectivity index is 2.03. The fraction of sp³-hybridized carbons (Fsp3) is 0.600. The molecule has 7 nitrogen and oxygen atoms in total. The van der Waals surface area contributed by atoms with Crippen molar-refractivity contribution in [2.45, 2.75) is 41.4 Å². The first-order valence-corrected chi connectivity index (χ1v) is 11.5. The lowest BCUT2D eigenvalue weighted by molar-refractivity contribution is -0.0978. The van der Waals surface area contributed by atoms with Gasteiger partial charge in [-0.2, -0.15) is 17.5 Å². The first-order valence-electron chi connectivity index (χ1n) is 8.20. The molecule has 2 aliphatic rings. The normalized spacial score (nSPS) is 25.2. The highest BCUT2D eigenvalue weighted by Crippen LogP contribution is 2.50. The lowest BCUT2D eigenvalue weighted by Crippen LogP contribution is -2.30. The number of sulfonamides is 1. The third-order valence-electron chi connectivity index (χ3n) is 4.82. The number of benzene rings is 1. The van der Waals surface area contributed by atoms with E-state index in [1.807, 2.05) is 0 Å². The predicted molar refractivity (Wildman–Crippen MR) is 88.7 cm³/mol. The van der Waals surface area contributed by atoms with Gasteiger partial charge in [0.1, 0.15) is 18.0 Å². The van der Waals surface area contributed by atoms with Crippen LogP contribution < -0.4 is 4.74 Å². The van der Waals surface area contributed by atoms with E-state index in [9.17, 15) is 43.9 Å². The number of aliphatic hydroxyl groups excluding tert-OH is 1. The average Bonchev–Trinajstić information content (AvgIpc) is 3.11. The van der Waals surface area contributed by atoms with Gasteiger partial charge in [0.25, 0.3) is 15.8 Å². The number of hydrogen-bond acceptors (Lipinski definition) is 6. The summed E-state index contributed by atoms with van der Waals surface area (Å²) in [6.45, 7) is 0.000165. The number of aliphatic hydroxyl groups is 1. The van der Waals surface area contributed by atoms with Crippen LogP contribution in [0.15, 0.2) is 17.0 Å². The van der Waals surface area contributed by atoms with E-state index in [1.165, 1.54) is 0 Å². The molecule has 1 aromatic rings. The van der Waals surface area contributed by atoms with Crippen LogP contribution in [0.25, 0.3) is 0 Å². The summed E-state index contributed by atoms with van der Waals surface area (Å²) < 4.78 is 120. The smallest absolute Gasteiger partial charge is 0.489 e. The molecule has 2 unspecified atom stereocenters. The number of ether oxygens (including phenoxy) is 1. The van der Waals surface area contributed by atoms with Crippen molar-refractivity contribution in [3.05, 3.63) is 23.3 Å². The van der Waals surface area contributed by atoms with E-state index in [2.05, 4.69) is 0 Å². The van der Waals surface area contributed by atoms with Crippen LogP contribution in [0.4, 0.5) is 22.0 Å². The molecule has 1 N–H and O–H groups in total. The number of sulfone groups is 1. The molecule has 0 spiro atoms. The number of nitrogens with zero attached hydrogens (tertiary/aromatic N) is 1. The Morgan fingerprint density at radius 1 is 1.21 bits per heavy atom. The van der Waals surface area contributed by atoms with Crippen molar-refractivity contribution < 1.29 is 48.6 Å². The third kappa shape index (κ3) is 3.82. The zero-order valence-corrected chi connectivity index (χ0v) is 16.4. The van der Waals surface area contributed by atoms with Gasteiger partial charge in [-0.15, -0.1) is 0 Å². The summed E-state index contributed by atoms with van der Waals surface area (Å²) in [6, 6.07) is 1.28. The summed E-state index contributed by atoms with van der Waals surface area (Å²) >= 11 is 0. The Hall–Kier alpha value is -1.51. The van der Waals surface area contributed by atoms with Crippen molar-refractivity contribution in [2.75, 3.05) is 19.3 Å². The van der Waals surface area contributed by atoms with E-state index >= 15 is 0 Å². The maximum atomic E-state index is 14.0. The monoisotopic (exact) mass is 465 g/mol. The molecule has 1 aliphatic heterocycles. The molecule has 0 radical (unpaired) electrons. The quantitative estimate of drug-likeness (QED) is 0.679. The Kier molecular flexibility index (Phi) is 5.16. The summed E-state index contributed by atoms with van der Waals surface area (Å²) in [7, 11) is -9.51. The van der Waals surface area contributed by atoms with Gasteiger partial charge in [0.05, 0.1) is 17.7 Å². The minimum absolute atomic E-state index is 0.102. The first-order chi connectivity index (χ1) is 13.1. The fourth-order valence-electron chi connectivity index (χ4n) is 3.39. The van der Waals surface area contributed by atoms with Crippen LogP contribution >= 0.6 is 0 Å². The molecule has 0 aromatic heterocycles. The highest BCUT2D eigenvalue weighted by atomic mass is 32.2. The molecule has 3 rings (SSSR count). The Labute approximate surface area is 163 Å². The van der Waals surface area contributed by atoms with Gasteiger partial charge in [-0.25, -0.2) is 25.6 Å². The molecule has 1 saturated heterocycles. The minimum Gasteiger partial charge on any atom is -0.489 e. The second-order valence-electron chi connectivity index (χ2n) is 6.89. The van der Waals surface area contributed by atoms with Gasteiger partial charge in [-0.1, -0.05) is 0 Å². The van der Waals surface area contributed by atoms with Gasteiger partial charge in [0.2, 0.25) is 10.0 Å². The zero-order valence-electron chi connectivity index (χ0n) is 14.8. The van der Waals surface area contributed by atoms with Gasteiger partial charge >= 0.3 is 5.51 Å². The van der Waals surface area contributed by atoms with Gasteiger partial charge < -0.3 is 9.84 Å². The van der Waals surface area contributed by atoms with Crippen molar-refractivity contribution >= 4 is 19.9 Å². The molecule has 1 heterocycles. The van der Waals surface area contributed by atoms with E-state index in [0.717, 1.165) is 16.6 Å². The number of hydrogen-bond donors (Lipinski definition) is 1. The largest absolute Gasteiger partial charge is 0.501 e. The highest BCUT2D eigenvalue weighted by molar-refractivity contribution is 7.92. The van der Waals surface area contributed by atoms with Gasteiger partial charge in [-0.3, -0.25) is 0 Å². The van der Waals surface area contributed by atoms with Crippen molar-refractivity contribution in [3.63, 3.8) is 0 Å². The molecule has 2 atom stereocenters. The number of rotatable bonds is 4. The molecule has 29 heavy (non-hydrogen) atoms. The molecule has 1 fully saturated rings. The van der Waals surface area contributed by atoms with Gasteiger partial charge in [0, 0.05) is 24.1 Å². The molecule has 1 aromatic carbocycles. The number of halogens is 5. The number of alkyl halides is 5. The molecular weight excluding hydrogens is 449 g/mol. The summed E-state index contributed by atoms with van der Waals surface area (Å²) in [6.07, 6.45) is -3.58. The maximum Gasteiger partial charge on any atom is 0.501 e. The summed E-state index contributed by atoms with van der Waals surface area (Å²) in [5, 5.41) is 9.83. The molecule has 0 bridgehead atoms. The Bertz CT molecular complexity index is 1040. The minimum atomic E-state index is -5.99. The molecule has 1 aliphatic carbocycles. The third-order valence-corrected chi connectivity index (χ3v) is 7.64. The zero-order chi connectivity index (χ0) is 22.0. The summed E-state index contributed by atoms with van der Waals surface area (Å²) in [4.78, 5) is -1.46. The van der Waals surface area contributed by atoms with Crippen LogP contribution in [0.1, 0.15) is 23.7 Å². The molecule has 0 saturated carbocycles. The summed E-state index contributed by atoms with van der Waals surface area (Å²) in [5.74, 6) is -4.22. The summed E-state index contributed by atoms with van der Waals surface area (Å²) in [5.41, 5.74) is -7.35. The van der Waals surface area contributed by atoms with Crippen LogP contribution in [-0.4, -0.2) is 63.1 Å². The Morgan fingerprint density at radius 3 is 2.34 bits per heavy atom.